The quantitative estimate of drug-likeness (QED) is 0.718. The summed E-state index contributed by atoms with van der Waals surface area (Å²) in [6.07, 6.45) is -0.954. The summed E-state index contributed by atoms with van der Waals surface area (Å²) >= 11 is 0.911. The van der Waals surface area contributed by atoms with E-state index in [1.807, 2.05) is 24.4 Å². The average Bonchev–Trinajstić information content (AvgIpc) is 2.99. The van der Waals surface area contributed by atoms with Crippen molar-refractivity contribution in [1.82, 2.24) is 5.32 Å². The third-order valence-electron chi connectivity index (χ3n) is 4.10. The predicted octanol–water partition coefficient (Wildman–Crippen LogP) is 3.60. The van der Waals surface area contributed by atoms with E-state index in [1.165, 1.54) is 0 Å². The van der Waals surface area contributed by atoms with Crippen molar-refractivity contribution in [3.05, 3.63) is 50.9 Å². The van der Waals surface area contributed by atoms with Gasteiger partial charge >= 0.3 is 12.1 Å². The number of anilines is 1. The Morgan fingerprint density at radius 3 is 2.38 bits per heavy atom. The largest absolute Gasteiger partial charge is 0.462 e. The highest BCUT2D eigenvalue weighted by Gasteiger charge is 2.28. The van der Waals surface area contributed by atoms with Gasteiger partial charge in [-0.2, -0.15) is 0 Å². The van der Waals surface area contributed by atoms with Gasteiger partial charge in [0.05, 0.1) is 19.3 Å². The van der Waals surface area contributed by atoms with Gasteiger partial charge in [-0.15, -0.1) is 11.3 Å². The summed E-state index contributed by atoms with van der Waals surface area (Å²) in [4.78, 5) is 49.3. The highest BCUT2D eigenvalue weighted by molar-refractivity contribution is 7.18. The van der Waals surface area contributed by atoms with Crippen LogP contribution in [0.3, 0.4) is 0 Å². The summed E-state index contributed by atoms with van der Waals surface area (Å²) in [6, 6.07) is 5.43. The van der Waals surface area contributed by atoms with Gasteiger partial charge in [-0.05, 0) is 44.9 Å². The molecule has 0 aliphatic rings. The summed E-state index contributed by atoms with van der Waals surface area (Å²) in [7, 11) is 1.12. The van der Waals surface area contributed by atoms with Gasteiger partial charge in [0, 0.05) is 5.56 Å². The SMILES string of the molecule is CCOC(=O)c1sc(NC(=O)c2cc(C)ccc2C)c(C(=O)NC(=O)OC)c1C. The van der Waals surface area contributed by atoms with Crippen molar-refractivity contribution in [3.63, 3.8) is 0 Å². The number of ether oxygens (including phenoxy) is 2. The molecule has 2 N–H and O–H groups in total. The molecule has 9 heteroatoms. The van der Waals surface area contributed by atoms with Crippen molar-refractivity contribution < 1.29 is 28.7 Å². The lowest BCUT2D eigenvalue weighted by molar-refractivity contribution is 0.0531. The van der Waals surface area contributed by atoms with E-state index < -0.39 is 23.9 Å². The molecule has 0 fully saturated rings. The van der Waals surface area contributed by atoms with E-state index in [2.05, 4.69) is 10.1 Å². The number of hydrogen-bond donors (Lipinski definition) is 2. The van der Waals surface area contributed by atoms with Crippen LogP contribution in [0.25, 0.3) is 0 Å². The molecule has 29 heavy (non-hydrogen) atoms. The van der Waals surface area contributed by atoms with Gasteiger partial charge in [-0.1, -0.05) is 17.7 Å². The van der Waals surface area contributed by atoms with Crippen LogP contribution in [0.4, 0.5) is 9.80 Å². The number of benzene rings is 1. The van der Waals surface area contributed by atoms with Crippen LogP contribution < -0.4 is 10.6 Å². The molecule has 0 bridgehead atoms. The lowest BCUT2D eigenvalue weighted by atomic mass is 10.0. The summed E-state index contributed by atoms with van der Waals surface area (Å²) in [5, 5.41) is 4.87. The molecule has 0 aliphatic heterocycles. The number of amides is 3. The van der Waals surface area contributed by atoms with Crippen LogP contribution >= 0.6 is 11.3 Å². The molecule has 154 valence electrons. The van der Waals surface area contributed by atoms with E-state index in [0.717, 1.165) is 29.6 Å². The topological polar surface area (TPSA) is 111 Å². The maximum absolute atomic E-state index is 12.8. The first-order valence-electron chi connectivity index (χ1n) is 8.78. The molecule has 2 aromatic rings. The van der Waals surface area contributed by atoms with Crippen LogP contribution in [0, 0.1) is 20.8 Å². The fourth-order valence-electron chi connectivity index (χ4n) is 2.62. The summed E-state index contributed by atoms with van der Waals surface area (Å²) < 4.78 is 9.47. The molecule has 0 aliphatic carbocycles. The van der Waals surface area contributed by atoms with Gasteiger partial charge in [0.2, 0.25) is 0 Å². The van der Waals surface area contributed by atoms with Crippen LogP contribution in [0.15, 0.2) is 18.2 Å². The second-order valence-corrected chi connectivity index (χ2v) is 7.22. The first-order chi connectivity index (χ1) is 13.7. The zero-order valence-corrected chi connectivity index (χ0v) is 17.6. The molecule has 0 unspecified atom stereocenters. The van der Waals surface area contributed by atoms with Crippen LogP contribution in [-0.2, 0) is 9.47 Å². The van der Waals surface area contributed by atoms with E-state index in [1.54, 1.807) is 26.8 Å². The maximum Gasteiger partial charge on any atom is 0.413 e. The summed E-state index contributed by atoms with van der Waals surface area (Å²) in [5.41, 5.74) is 2.40. The molecule has 8 nitrogen and oxygen atoms in total. The number of hydrogen-bond acceptors (Lipinski definition) is 7. The number of carbonyl (C=O) groups is 4. The molecule has 1 aromatic carbocycles. The lowest BCUT2D eigenvalue weighted by Crippen LogP contribution is -2.31. The fraction of sp³-hybridized carbons (Fsp3) is 0.300. The maximum atomic E-state index is 12.8. The predicted molar refractivity (Wildman–Crippen MR) is 109 cm³/mol. The Morgan fingerprint density at radius 1 is 1.07 bits per heavy atom. The minimum atomic E-state index is -0.954. The van der Waals surface area contributed by atoms with Gasteiger partial charge in [-0.25, -0.2) is 9.59 Å². The normalized spacial score (nSPS) is 10.2. The molecule has 0 radical (unpaired) electrons. The summed E-state index contributed by atoms with van der Waals surface area (Å²) in [5.74, 6) is -1.85. The number of alkyl carbamates (subject to hydrolysis) is 1. The van der Waals surface area contributed by atoms with E-state index in [4.69, 9.17) is 4.74 Å². The number of methoxy groups -OCH3 is 1. The Balaban J connectivity index is 2.48. The van der Waals surface area contributed by atoms with Crippen LogP contribution in [0.2, 0.25) is 0 Å². The minimum absolute atomic E-state index is 0.00195. The summed E-state index contributed by atoms with van der Waals surface area (Å²) in [6.45, 7) is 7.02. The van der Waals surface area contributed by atoms with Crippen LogP contribution in [0.1, 0.15) is 54.0 Å². The second kappa shape index (κ2) is 9.33. The molecule has 0 spiro atoms. The van der Waals surface area contributed by atoms with Crippen molar-refractivity contribution in [2.24, 2.45) is 0 Å². The smallest absolute Gasteiger partial charge is 0.413 e. The van der Waals surface area contributed by atoms with Crippen molar-refractivity contribution in [3.8, 4) is 0 Å². The highest BCUT2D eigenvalue weighted by Crippen LogP contribution is 2.34. The molecule has 0 saturated heterocycles. The van der Waals surface area contributed by atoms with Crippen molar-refractivity contribution in [2.75, 3.05) is 19.0 Å². The first kappa shape index (κ1) is 22.1. The highest BCUT2D eigenvalue weighted by atomic mass is 32.1. The monoisotopic (exact) mass is 418 g/mol. The van der Waals surface area contributed by atoms with Crippen LogP contribution in [-0.4, -0.2) is 37.6 Å². The van der Waals surface area contributed by atoms with Crippen molar-refractivity contribution in [2.45, 2.75) is 27.7 Å². The number of aryl methyl sites for hydroxylation is 2. The van der Waals surface area contributed by atoms with Crippen molar-refractivity contribution in [1.29, 1.82) is 0 Å². The Kier molecular flexibility index (Phi) is 7.11. The molecule has 0 atom stereocenters. The molecular formula is C20H22N2O6S. The van der Waals surface area contributed by atoms with Gasteiger partial charge in [0.1, 0.15) is 9.88 Å². The third-order valence-corrected chi connectivity index (χ3v) is 5.29. The Hall–Kier alpha value is -3.20. The number of nitrogens with one attached hydrogen (secondary N) is 2. The number of esters is 1. The molecule has 1 heterocycles. The zero-order chi connectivity index (χ0) is 21.7. The van der Waals surface area contributed by atoms with Crippen molar-refractivity contribution >= 4 is 40.2 Å². The van der Waals surface area contributed by atoms with E-state index in [-0.39, 0.29) is 22.0 Å². The molecule has 0 saturated carbocycles. The fourth-order valence-corrected chi connectivity index (χ4v) is 3.72. The van der Waals surface area contributed by atoms with Gasteiger partial charge < -0.3 is 14.8 Å². The van der Waals surface area contributed by atoms with E-state index in [0.29, 0.717) is 11.1 Å². The Labute approximate surface area is 172 Å². The lowest BCUT2D eigenvalue weighted by Gasteiger charge is -2.09. The van der Waals surface area contributed by atoms with Gasteiger partial charge in [0.25, 0.3) is 11.8 Å². The number of carbonyl (C=O) groups excluding carboxylic acids is 4. The Bertz CT molecular complexity index is 980. The zero-order valence-electron chi connectivity index (χ0n) is 16.8. The standard InChI is InChI=1S/C20H22N2O6S/c1-6-28-19(25)15-12(4)14(17(24)22-20(26)27-5)18(29-15)21-16(23)13-9-10(2)7-8-11(13)3/h7-9H,6H2,1-5H3,(H,21,23)(H,22,24,26). The van der Waals surface area contributed by atoms with Crippen LogP contribution in [0.5, 0.6) is 0 Å². The first-order valence-corrected chi connectivity index (χ1v) is 9.59. The van der Waals surface area contributed by atoms with Gasteiger partial charge in [0.15, 0.2) is 0 Å². The molecule has 1 aromatic heterocycles. The number of imide groups is 1. The average molecular weight is 418 g/mol. The minimum Gasteiger partial charge on any atom is -0.462 e. The Morgan fingerprint density at radius 2 is 1.76 bits per heavy atom. The van der Waals surface area contributed by atoms with E-state index in [9.17, 15) is 19.2 Å². The molecular weight excluding hydrogens is 396 g/mol. The number of rotatable bonds is 5. The third kappa shape index (κ3) is 5.00. The molecule has 2 rings (SSSR count). The number of thiophene rings is 1. The van der Waals surface area contributed by atoms with Gasteiger partial charge in [-0.3, -0.25) is 14.9 Å². The second-order valence-electron chi connectivity index (χ2n) is 6.20. The van der Waals surface area contributed by atoms with E-state index >= 15 is 0 Å². The molecule has 3 amide bonds.